The fourth-order valence-electron chi connectivity index (χ4n) is 3.93. The molecule has 0 bridgehead atoms. The third-order valence-corrected chi connectivity index (χ3v) is 5.21. The molecule has 2 heteroatoms. The molecule has 0 radical (unpaired) electrons. The number of nitrogens with zero attached hydrogens (tertiary/aromatic N) is 1. The summed E-state index contributed by atoms with van der Waals surface area (Å²) < 4.78 is 0. The minimum atomic E-state index is 0.621. The van der Waals surface area contributed by atoms with Crippen molar-refractivity contribution in [2.45, 2.75) is 38.8 Å². The average Bonchev–Trinajstić information content (AvgIpc) is 2.85. The van der Waals surface area contributed by atoms with Crippen molar-refractivity contribution in [2.24, 2.45) is 0 Å². The van der Waals surface area contributed by atoms with Gasteiger partial charge in [0.05, 0.1) is 0 Å². The van der Waals surface area contributed by atoms with Crippen molar-refractivity contribution in [2.75, 3.05) is 6.54 Å². The fourth-order valence-corrected chi connectivity index (χ4v) is 3.93. The summed E-state index contributed by atoms with van der Waals surface area (Å²) in [5.74, 6) is 0. The van der Waals surface area contributed by atoms with Gasteiger partial charge in [0.2, 0.25) is 0 Å². The Labute approximate surface area is 138 Å². The van der Waals surface area contributed by atoms with Crippen LogP contribution in [0.2, 0.25) is 0 Å². The van der Waals surface area contributed by atoms with Gasteiger partial charge in [-0.05, 0) is 30.0 Å². The van der Waals surface area contributed by atoms with E-state index in [0.29, 0.717) is 6.04 Å². The summed E-state index contributed by atoms with van der Waals surface area (Å²) in [7, 11) is 0. The molecule has 2 nitrogen and oxygen atoms in total. The first kappa shape index (κ1) is 14.5. The second-order valence-electron chi connectivity index (χ2n) is 6.60. The van der Waals surface area contributed by atoms with Crippen molar-refractivity contribution in [1.82, 2.24) is 9.88 Å². The van der Waals surface area contributed by atoms with Crippen molar-refractivity contribution in [3.63, 3.8) is 0 Å². The van der Waals surface area contributed by atoms with Gasteiger partial charge in [-0.15, -0.1) is 0 Å². The van der Waals surface area contributed by atoms with Crippen molar-refractivity contribution in [1.29, 1.82) is 0 Å². The Bertz CT molecular complexity index is 788. The molecular weight excluding hydrogens is 280 g/mol. The summed E-state index contributed by atoms with van der Waals surface area (Å²) in [5, 5.41) is 1.42. The number of hydrogen-bond donors (Lipinski definition) is 1. The van der Waals surface area contributed by atoms with Crippen molar-refractivity contribution >= 4 is 10.9 Å². The molecule has 2 aromatic carbocycles. The number of H-pyrrole nitrogens is 1. The fraction of sp³-hybridized carbons (Fsp3) is 0.333. The molecule has 3 aromatic rings. The van der Waals surface area contributed by atoms with E-state index in [9.17, 15) is 0 Å². The SMILES string of the molecule is CCC1Cc2c([nH]c3ccccc23)CCN1Cc1ccccc1. The number of benzene rings is 2. The lowest BCUT2D eigenvalue weighted by atomic mass is 10.0. The number of rotatable bonds is 3. The summed E-state index contributed by atoms with van der Waals surface area (Å²) in [6, 6.07) is 20.2. The smallest absolute Gasteiger partial charge is 0.0458 e. The number of hydrogen-bond acceptors (Lipinski definition) is 1. The molecule has 0 saturated carbocycles. The van der Waals surface area contributed by atoms with Crippen LogP contribution < -0.4 is 0 Å². The Morgan fingerprint density at radius 3 is 2.65 bits per heavy atom. The van der Waals surface area contributed by atoms with Gasteiger partial charge >= 0.3 is 0 Å². The summed E-state index contributed by atoms with van der Waals surface area (Å²) in [6.45, 7) is 4.51. The van der Waals surface area contributed by atoms with Crippen molar-refractivity contribution in [3.05, 3.63) is 71.4 Å². The highest BCUT2D eigenvalue weighted by Gasteiger charge is 2.25. The minimum absolute atomic E-state index is 0.621. The molecule has 0 amide bonds. The van der Waals surface area contributed by atoms with Gasteiger partial charge in [0.1, 0.15) is 0 Å². The van der Waals surface area contributed by atoms with Crippen LogP contribution in [0.4, 0.5) is 0 Å². The molecule has 0 saturated heterocycles. The van der Waals surface area contributed by atoms with E-state index in [-0.39, 0.29) is 0 Å². The zero-order chi connectivity index (χ0) is 15.6. The van der Waals surface area contributed by atoms with E-state index in [0.717, 1.165) is 25.9 Å². The van der Waals surface area contributed by atoms with Crippen molar-refractivity contribution in [3.8, 4) is 0 Å². The molecule has 118 valence electrons. The molecule has 0 spiro atoms. The van der Waals surface area contributed by atoms with Crippen LogP contribution in [0.25, 0.3) is 10.9 Å². The molecule has 4 rings (SSSR count). The second-order valence-corrected chi connectivity index (χ2v) is 6.60. The summed E-state index contributed by atoms with van der Waals surface area (Å²) in [6.07, 6.45) is 3.47. The molecule has 1 N–H and O–H groups in total. The number of aromatic amines is 1. The molecular formula is C21H24N2. The molecule has 1 aliphatic rings. The van der Waals surface area contributed by atoms with Crippen LogP contribution in [0.5, 0.6) is 0 Å². The van der Waals surface area contributed by atoms with Crippen LogP contribution >= 0.6 is 0 Å². The first-order chi connectivity index (χ1) is 11.3. The molecule has 2 heterocycles. The van der Waals surface area contributed by atoms with Gasteiger partial charge in [0, 0.05) is 42.1 Å². The normalized spacial score (nSPS) is 18.7. The lowest BCUT2D eigenvalue weighted by Gasteiger charge is -2.29. The van der Waals surface area contributed by atoms with Crippen LogP contribution in [0.3, 0.4) is 0 Å². The quantitative estimate of drug-likeness (QED) is 0.752. The van der Waals surface area contributed by atoms with Crippen LogP contribution in [0.1, 0.15) is 30.2 Å². The van der Waals surface area contributed by atoms with Crippen molar-refractivity contribution < 1.29 is 0 Å². The largest absolute Gasteiger partial charge is 0.358 e. The number of aromatic nitrogens is 1. The lowest BCUT2D eigenvalue weighted by Crippen LogP contribution is -2.35. The Balaban J connectivity index is 1.63. The highest BCUT2D eigenvalue weighted by Crippen LogP contribution is 2.29. The Kier molecular flexibility index (Phi) is 3.92. The van der Waals surface area contributed by atoms with Crippen LogP contribution in [-0.4, -0.2) is 22.5 Å². The number of para-hydroxylation sites is 1. The van der Waals surface area contributed by atoms with Gasteiger partial charge in [0.15, 0.2) is 0 Å². The number of nitrogens with one attached hydrogen (secondary N) is 1. The predicted octanol–water partition coefficient (Wildman–Crippen LogP) is 4.55. The topological polar surface area (TPSA) is 19.0 Å². The van der Waals surface area contributed by atoms with Gasteiger partial charge < -0.3 is 4.98 Å². The molecule has 1 unspecified atom stereocenters. The van der Waals surface area contributed by atoms with Gasteiger partial charge in [-0.25, -0.2) is 0 Å². The zero-order valence-corrected chi connectivity index (χ0v) is 13.8. The van der Waals surface area contributed by atoms with Crippen LogP contribution in [-0.2, 0) is 19.4 Å². The zero-order valence-electron chi connectivity index (χ0n) is 13.8. The monoisotopic (exact) mass is 304 g/mol. The van der Waals surface area contributed by atoms with E-state index in [2.05, 4.69) is 71.4 Å². The second kappa shape index (κ2) is 6.21. The molecule has 0 fully saturated rings. The van der Waals surface area contributed by atoms with E-state index in [1.54, 1.807) is 5.56 Å². The van der Waals surface area contributed by atoms with E-state index in [4.69, 9.17) is 0 Å². The van der Waals surface area contributed by atoms with E-state index < -0.39 is 0 Å². The third kappa shape index (κ3) is 2.79. The molecule has 1 aliphatic heterocycles. The highest BCUT2D eigenvalue weighted by atomic mass is 15.2. The molecule has 1 aromatic heterocycles. The number of fused-ring (bicyclic) bond motifs is 3. The van der Waals surface area contributed by atoms with E-state index >= 15 is 0 Å². The maximum atomic E-state index is 3.66. The lowest BCUT2D eigenvalue weighted by molar-refractivity contribution is 0.189. The first-order valence-electron chi connectivity index (χ1n) is 8.71. The van der Waals surface area contributed by atoms with Gasteiger partial charge in [0.25, 0.3) is 0 Å². The molecule has 23 heavy (non-hydrogen) atoms. The maximum absolute atomic E-state index is 3.66. The average molecular weight is 304 g/mol. The van der Waals surface area contributed by atoms with E-state index in [1.807, 2.05) is 0 Å². The third-order valence-electron chi connectivity index (χ3n) is 5.21. The van der Waals surface area contributed by atoms with Gasteiger partial charge in [-0.2, -0.15) is 0 Å². The Hall–Kier alpha value is -2.06. The van der Waals surface area contributed by atoms with Gasteiger partial charge in [-0.3, -0.25) is 4.90 Å². The Morgan fingerprint density at radius 1 is 1.04 bits per heavy atom. The molecule has 1 atom stereocenters. The van der Waals surface area contributed by atoms with E-state index in [1.165, 1.54) is 28.6 Å². The predicted molar refractivity (Wildman–Crippen MR) is 96.6 cm³/mol. The Morgan fingerprint density at radius 2 is 1.83 bits per heavy atom. The highest BCUT2D eigenvalue weighted by molar-refractivity contribution is 5.84. The van der Waals surface area contributed by atoms with Gasteiger partial charge in [-0.1, -0.05) is 55.5 Å². The maximum Gasteiger partial charge on any atom is 0.0458 e. The standard InChI is InChI=1S/C21H24N2/c1-2-17-14-19-18-10-6-7-11-20(18)22-21(19)12-13-23(17)15-16-8-4-3-5-9-16/h3-11,17,22H,2,12-15H2,1H3. The summed E-state index contributed by atoms with van der Waals surface area (Å²) >= 11 is 0. The first-order valence-corrected chi connectivity index (χ1v) is 8.71. The summed E-state index contributed by atoms with van der Waals surface area (Å²) in [5.41, 5.74) is 5.70. The van der Waals surface area contributed by atoms with Crippen LogP contribution in [0.15, 0.2) is 54.6 Å². The molecule has 0 aliphatic carbocycles. The summed E-state index contributed by atoms with van der Waals surface area (Å²) in [4.78, 5) is 6.32. The minimum Gasteiger partial charge on any atom is -0.358 e. The van der Waals surface area contributed by atoms with Crippen LogP contribution in [0, 0.1) is 0 Å².